The van der Waals surface area contributed by atoms with Crippen molar-refractivity contribution in [3.8, 4) is 0 Å². The van der Waals surface area contributed by atoms with E-state index in [0.717, 1.165) is 12.1 Å². The Labute approximate surface area is 148 Å². The zero-order valence-electron chi connectivity index (χ0n) is 15.8. The maximum atomic E-state index is 4.28. The third-order valence-electron chi connectivity index (χ3n) is 4.87. The van der Waals surface area contributed by atoms with Crippen molar-refractivity contribution in [1.82, 2.24) is 0 Å². The molecule has 128 valence electrons. The number of benzene rings is 2. The summed E-state index contributed by atoms with van der Waals surface area (Å²) in [7, 11) is 0. The molecule has 0 spiro atoms. The van der Waals surface area contributed by atoms with Gasteiger partial charge in [0.05, 0.1) is 0 Å². The maximum Gasteiger partial charge on any atom is 0.0458 e. The summed E-state index contributed by atoms with van der Waals surface area (Å²) in [6.45, 7) is 15.4. The van der Waals surface area contributed by atoms with E-state index in [2.05, 4.69) is 94.6 Å². The Bertz CT molecular complexity index is 649. The average Bonchev–Trinajstić information content (AvgIpc) is 2.62. The van der Waals surface area contributed by atoms with Crippen LogP contribution in [0.25, 0.3) is 0 Å². The molecule has 0 fully saturated rings. The monoisotopic (exact) mass is 321 g/mol. The lowest BCUT2D eigenvalue weighted by molar-refractivity contribution is 0.733. The van der Waals surface area contributed by atoms with Gasteiger partial charge in [-0.2, -0.15) is 0 Å². The fraction of sp³-hybridized carbons (Fsp3) is 0.391. The topological polar surface area (TPSA) is 3.24 Å². The number of hydrogen-bond donors (Lipinski definition) is 0. The smallest absolute Gasteiger partial charge is 0.0458 e. The molecule has 0 aliphatic heterocycles. The second kappa shape index (κ2) is 8.19. The number of anilines is 2. The summed E-state index contributed by atoms with van der Waals surface area (Å²) in [4.78, 5) is 2.27. The summed E-state index contributed by atoms with van der Waals surface area (Å²) in [5, 5.41) is 0. The third kappa shape index (κ3) is 4.08. The minimum absolute atomic E-state index is 0.552. The van der Waals surface area contributed by atoms with Gasteiger partial charge in [0.15, 0.2) is 0 Å². The molecule has 0 aromatic heterocycles. The van der Waals surface area contributed by atoms with E-state index in [1.54, 1.807) is 0 Å². The van der Waals surface area contributed by atoms with Crippen LogP contribution in [-0.4, -0.2) is 0 Å². The van der Waals surface area contributed by atoms with Crippen molar-refractivity contribution < 1.29 is 0 Å². The fourth-order valence-electron chi connectivity index (χ4n) is 2.87. The molecule has 1 unspecified atom stereocenters. The minimum Gasteiger partial charge on any atom is -0.315 e. The summed E-state index contributed by atoms with van der Waals surface area (Å²) in [6.07, 6.45) is 2.10. The summed E-state index contributed by atoms with van der Waals surface area (Å²) in [6, 6.07) is 17.8. The van der Waals surface area contributed by atoms with Gasteiger partial charge >= 0.3 is 0 Å². The van der Waals surface area contributed by atoms with Crippen molar-refractivity contribution in [1.29, 1.82) is 0 Å². The molecule has 0 saturated carbocycles. The molecule has 2 aromatic rings. The number of allylic oxidation sites excluding steroid dienone is 1. The second-order valence-corrected chi connectivity index (χ2v) is 6.90. The van der Waals surface area contributed by atoms with Crippen molar-refractivity contribution in [2.24, 2.45) is 0 Å². The molecule has 1 atom stereocenters. The first kappa shape index (κ1) is 18.3. The average molecular weight is 322 g/mol. The SMILES string of the molecule is C=C(CC)N(c1ccc(C(C)C)cc1)c1ccc(C(C)CC)cc1. The van der Waals surface area contributed by atoms with Crippen LogP contribution in [0.15, 0.2) is 60.8 Å². The van der Waals surface area contributed by atoms with E-state index in [4.69, 9.17) is 0 Å². The molecule has 2 aromatic carbocycles. The van der Waals surface area contributed by atoms with Gasteiger partial charge in [-0.25, -0.2) is 0 Å². The summed E-state index contributed by atoms with van der Waals surface area (Å²) < 4.78 is 0. The van der Waals surface area contributed by atoms with Gasteiger partial charge in [0, 0.05) is 17.1 Å². The van der Waals surface area contributed by atoms with Crippen molar-refractivity contribution in [2.45, 2.75) is 59.3 Å². The van der Waals surface area contributed by atoms with Gasteiger partial charge < -0.3 is 4.90 Å². The molecular formula is C23H31N. The Morgan fingerprint density at radius 2 is 1.29 bits per heavy atom. The molecule has 0 heterocycles. The van der Waals surface area contributed by atoms with Crippen molar-refractivity contribution >= 4 is 11.4 Å². The van der Waals surface area contributed by atoms with E-state index >= 15 is 0 Å². The molecular weight excluding hydrogens is 290 g/mol. The largest absolute Gasteiger partial charge is 0.315 e. The highest BCUT2D eigenvalue weighted by Gasteiger charge is 2.13. The molecule has 0 N–H and O–H groups in total. The molecule has 24 heavy (non-hydrogen) atoms. The van der Waals surface area contributed by atoms with Crippen LogP contribution < -0.4 is 4.90 Å². The van der Waals surface area contributed by atoms with Crippen LogP contribution in [0.3, 0.4) is 0 Å². The van der Waals surface area contributed by atoms with Gasteiger partial charge in [-0.15, -0.1) is 0 Å². The minimum atomic E-state index is 0.552. The second-order valence-electron chi connectivity index (χ2n) is 6.90. The van der Waals surface area contributed by atoms with Crippen LogP contribution in [-0.2, 0) is 0 Å². The molecule has 0 amide bonds. The lowest BCUT2D eigenvalue weighted by Gasteiger charge is -2.27. The summed E-state index contributed by atoms with van der Waals surface area (Å²) in [5.41, 5.74) is 6.25. The maximum absolute atomic E-state index is 4.28. The Hall–Kier alpha value is -2.02. The first-order valence-corrected chi connectivity index (χ1v) is 9.15. The van der Waals surface area contributed by atoms with Gasteiger partial charge in [-0.1, -0.05) is 65.5 Å². The molecule has 2 rings (SSSR count). The molecule has 0 radical (unpaired) electrons. The van der Waals surface area contributed by atoms with Gasteiger partial charge in [0.1, 0.15) is 0 Å². The quantitative estimate of drug-likeness (QED) is 0.514. The Balaban J connectivity index is 2.36. The van der Waals surface area contributed by atoms with Crippen LogP contribution >= 0.6 is 0 Å². The van der Waals surface area contributed by atoms with Gasteiger partial charge in [0.25, 0.3) is 0 Å². The van der Waals surface area contributed by atoms with Gasteiger partial charge in [-0.3, -0.25) is 0 Å². The number of rotatable bonds is 7. The third-order valence-corrected chi connectivity index (χ3v) is 4.87. The highest BCUT2D eigenvalue weighted by atomic mass is 15.1. The van der Waals surface area contributed by atoms with Crippen LogP contribution in [0.5, 0.6) is 0 Å². The highest BCUT2D eigenvalue weighted by Crippen LogP contribution is 2.32. The summed E-state index contributed by atoms with van der Waals surface area (Å²) >= 11 is 0. The van der Waals surface area contributed by atoms with Crippen molar-refractivity contribution in [3.63, 3.8) is 0 Å². The van der Waals surface area contributed by atoms with Crippen molar-refractivity contribution in [2.75, 3.05) is 4.90 Å². The van der Waals surface area contributed by atoms with Gasteiger partial charge in [-0.05, 0) is 60.1 Å². The predicted molar refractivity (Wildman–Crippen MR) is 107 cm³/mol. The van der Waals surface area contributed by atoms with Gasteiger partial charge in [0.2, 0.25) is 0 Å². The van der Waals surface area contributed by atoms with Crippen LogP contribution in [0.1, 0.15) is 70.4 Å². The zero-order valence-corrected chi connectivity index (χ0v) is 15.8. The standard InChI is InChI=1S/C23H31N/c1-7-18(5)21-11-15-23(16-12-21)24(19(6)8-2)22-13-9-20(10-14-22)17(3)4/h9-18H,6-8H2,1-5H3. The Morgan fingerprint density at radius 3 is 1.67 bits per heavy atom. The fourth-order valence-corrected chi connectivity index (χ4v) is 2.87. The summed E-state index contributed by atoms with van der Waals surface area (Å²) in [5.74, 6) is 1.16. The Morgan fingerprint density at radius 1 is 0.833 bits per heavy atom. The van der Waals surface area contributed by atoms with Crippen LogP contribution in [0, 0.1) is 0 Å². The highest BCUT2D eigenvalue weighted by molar-refractivity contribution is 5.68. The molecule has 0 saturated heterocycles. The van der Waals surface area contributed by atoms with E-state index < -0.39 is 0 Å². The zero-order chi connectivity index (χ0) is 17.7. The number of nitrogens with zero attached hydrogens (tertiary/aromatic N) is 1. The normalized spacial score (nSPS) is 12.2. The van der Waals surface area contributed by atoms with Crippen LogP contribution in [0.2, 0.25) is 0 Å². The molecule has 0 bridgehead atoms. The van der Waals surface area contributed by atoms with Crippen LogP contribution in [0.4, 0.5) is 11.4 Å². The van der Waals surface area contributed by atoms with E-state index in [1.165, 1.54) is 28.9 Å². The first-order chi connectivity index (χ1) is 11.5. The molecule has 0 aliphatic carbocycles. The first-order valence-electron chi connectivity index (χ1n) is 9.15. The predicted octanol–water partition coefficient (Wildman–Crippen LogP) is 7.39. The van der Waals surface area contributed by atoms with E-state index in [0.29, 0.717) is 11.8 Å². The Kier molecular flexibility index (Phi) is 6.25. The molecule has 0 aliphatic rings. The lowest BCUT2D eigenvalue weighted by atomic mass is 9.98. The molecule has 1 nitrogen and oxygen atoms in total. The lowest BCUT2D eigenvalue weighted by Crippen LogP contribution is -2.15. The van der Waals surface area contributed by atoms with E-state index in [-0.39, 0.29) is 0 Å². The van der Waals surface area contributed by atoms with Crippen molar-refractivity contribution in [3.05, 3.63) is 71.9 Å². The number of hydrogen-bond acceptors (Lipinski definition) is 1. The molecule has 1 heteroatoms. The van der Waals surface area contributed by atoms with E-state index in [9.17, 15) is 0 Å². The van der Waals surface area contributed by atoms with E-state index in [1.807, 2.05) is 0 Å².